The van der Waals surface area contributed by atoms with Crippen molar-refractivity contribution in [1.82, 2.24) is 4.31 Å². The van der Waals surface area contributed by atoms with Crippen LogP contribution in [0.15, 0.2) is 53.6 Å². The number of rotatable bonds is 3. The smallest absolute Gasteiger partial charge is 0.264 e. The second kappa shape index (κ2) is 5.06. The van der Waals surface area contributed by atoms with Crippen molar-refractivity contribution in [2.24, 2.45) is 17.3 Å². The highest BCUT2D eigenvalue weighted by Crippen LogP contribution is 2.56. The van der Waals surface area contributed by atoms with Gasteiger partial charge in [-0.25, -0.2) is 8.42 Å². The van der Waals surface area contributed by atoms with Crippen LogP contribution < -0.4 is 0 Å². The molecule has 5 heteroatoms. The average molecular weight is 343 g/mol. The molecule has 0 spiro atoms. The molecule has 1 heterocycles. The minimum absolute atomic E-state index is 0.0596. The van der Waals surface area contributed by atoms with E-state index in [0.717, 1.165) is 18.4 Å². The summed E-state index contributed by atoms with van der Waals surface area (Å²) in [5, 5.41) is 0. The molecule has 3 aliphatic carbocycles. The average Bonchev–Trinajstić information content (AvgIpc) is 3.01. The van der Waals surface area contributed by atoms with Crippen LogP contribution in [0.1, 0.15) is 25.3 Å². The first-order valence-electron chi connectivity index (χ1n) is 8.36. The lowest BCUT2D eigenvalue weighted by Crippen LogP contribution is -2.57. The van der Waals surface area contributed by atoms with Crippen LogP contribution in [0, 0.1) is 24.2 Å². The summed E-state index contributed by atoms with van der Waals surface area (Å²) < 4.78 is 27.8. The Morgan fingerprint density at radius 3 is 2.46 bits per heavy atom. The molecule has 4 nitrogen and oxygen atoms in total. The van der Waals surface area contributed by atoms with E-state index in [2.05, 4.69) is 12.2 Å². The van der Waals surface area contributed by atoms with Crippen LogP contribution in [0.5, 0.6) is 0 Å². The lowest BCUT2D eigenvalue weighted by molar-refractivity contribution is -0.130. The second-order valence-electron chi connectivity index (χ2n) is 7.13. The van der Waals surface area contributed by atoms with Gasteiger partial charge < -0.3 is 0 Å². The van der Waals surface area contributed by atoms with Gasteiger partial charge in [-0.15, -0.1) is 0 Å². The van der Waals surface area contributed by atoms with Crippen molar-refractivity contribution in [2.45, 2.75) is 37.6 Å². The van der Waals surface area contributed by atoms with Crippen molar-refractivity contribution in [3.8, 4) is 0 Å². The van der Waals surface area contributed by atoms with E-state index in [1.54, 1.807) is 37.4 Å². The number of fused-ring (bicyclic) bond motifs is 1. The Morgan fingerprint density at radius 1 is 1.17 bits per heavy atom. The Morgan fingerprint density at radius 2 is 1.88 bits per heavy atom. The van der Waals surface area contributed by atoms with Gasteiger partial charge in [-0.2, -0.15) is 0 Å². The summed E-state index contributed by atoms with van der Waals surface area (Å²) in [5.41, 5.74) is 0.318. The number of sulfonamides is 1. The molecular formula is C19H21NO3S. The molecule has 24 heavy (non-hydrogen) atoms. The third-order valence-electron chi connectivity index (χ3n) is 5.89. The van der Waals surface area contributed by atoms with Crippen molar-refractivity contribution in [2.75, 3.05) is 0 Å². The number of benzene rings is 1. The third-order valence-corrected chi connectivity index (χ3v) is 7.66. The summed E-state index contributed by atoms with van der Waals surface area (Å²) in [4.78, 5) is 12.8. The number of ketones is 1. The maximum Gasteiger partial charge on any atom is 0.264 e. The van der Waals surface area contributed by atoms with Gasteiger partial charge in [0.2, 0.25) is 0 Å². The van der Waals surface area contributed by atoms with Crippen molar-refractivity contribution < 1.29 is 13.2 Å². The Balaban J connectivity index is 1.81. The van der Waals surface area contributed by atoms with E-state index in [0.29, 0.717) is 0 Å². The molecule has 0 N–H and O–H groups in total. The van der Waals surface area contributed by atoms with Gasteiger partial charge in [-0.1, -0.05) is 35.9 Å². The highest BCUT2D eigenvalue weighted by Gasteiger charge is 2.60. The molecule has 1 fully saturated rings. The minimum atomic E-state index is -3.66. The fraction of sp³-hybridized carbons (Fsp3) is 0.421. The van der Waals surface area contributed by atoms with Gasteiger partial charge in [0.05, 0.1) is 16.4 Å². The fourth-order valence-corrected chi connectivity index (χ4v) is 6.21. The Kier molecular flexibility index (Phi) is 3.29. The van der Waals surface area contributed by atoms with Crippen LogP contribution in [-0.4, -0.2) is 24.5 Å². The number of hydrogen-bond donors (Lipinski definition) is 0. The zero-order valence-corrected chi connectivity index (χ0v) is 14.7. The quantitative estimate of drug-likeness (QED) is 0.793. The predicted octanol–water partition coefficient (Wildman–Crippen LogP) is 3.05. The normalized spacial score (nSPS) is 33.8. The molecule has 1 aliphatic heterocycles. The second-order valence-corrected chi connectivity index (χ2v) is 8.97. The molecule has 1 aromatic rings. The molecule has 0 saturated heterocycles. The molecule has 4 aliphatic rings. The summed E-state index contributed by atoms with van der Waals surface area (Å²) in [6.07, 6.45) is 9.55. The molecule has 126 valence electrons. The zero-order chi connectivity index (χ0) is 17.1. The lowest BCUT2D eigenvalue weighted by atomic mass is 9.55. The van der Waals surface area contributed by atoms with Crippen molar-refractivity contribution >= 4 is 15.8 Å². The van der Waals surface area contributed by atoms with Crippen molar-refractivity contribution in [3.63, 3.8) is 0 Å². The first-order valence-corrected chi connectivity index (χ1v) is 9.80. The number of hydrogen-bond acceptors (Lipinski definition) is 3. The van der Waals surface area contributed by atoms with Gasteiger partial charge in [-0.05, 0) is 50.7 Å². The van der Waals surface area contributed by atoms with Gasteiger partial charge in [0.25, 0.3) is 10.0 Å². The minimum Gasteiger partial charge on any atom is -0.299 e. The fourth-order valence-electron chi connectivity index (χ4n) is 4.64. The van der Waals surface area contributed by atoms with E-state index >= 15 is 0 Å². The number of nitrogens with zero attached hydrogens (tertiary/aromatic N) is 1. The van der Waals surface area contributed by atoms with Crippen molar-refractivity contribution in [1.29, 1.82) is 0 Å². The third kappa shape index (κ3) is 1.91. The highest BCUT2D eigenvalue weighted by molar-refractivity contribution is 7.89. The van der Waals surface area contributed by atoms with E-state index in [9.17, 15) is 13.2 Å². The lowest BCUT2D eigenvalue weighted by Gasteiger charge is -2.51. The summed E-state index contributed by atoms with van der Waals surface area (Å²) in [5.74, 6) is 0.248. The highest BCUT2D eigenvalue weighted by atomic mass is 32.2. The number of carbonyl (C=O) groups is 1. The predicted molar refractivity (Wildman–Crippen MR) is 91.6 cm³/mol. The number of Topliss-reactive ketones (excluding diaryl/α,β-unsaturated/α-hetero) is 1. The van der Waals surface area contributed by atoms with Gasteiger partial charge in [-0.3, -0.25) is 9.10 Å². The Bertz CT molecular complexity index is 853. The number of aryl methyl sites for hydroxylation is 1. The summed E-state index contributed by atoms with van der Waals surface area (Å²) in [7, 11) is -3.66. The largest absolute Gasteiger partial charge is 0.299 e. The van der Waals surface area contributed by atoms with E-state index in [1.165, 1.54) is 4.31 Å². The standard InChI is InChI=1S/C19H21NO3S/c1-13-3-9-17(10-4-13)24(22,23)20-12-11-19(14(2)21)16-7-5-15(6-8-16)18(19)20/h3-5,7,9-12,15-16,18H,6,8H2,1-2H3/t15-,16+,18+,19+/m1/s1. The van der Waals surface area contributed by atoms with E-state index in [1.807, 2.05) is 13.0 Å². The summed E-state index contributed by atoms with van der Waals surface area (Å²) in [6.45, 7) is 3.52. The molecule has 5 rings (SSSR count). The molecule has 0 radical (unpaired) electrons. The molecule has 0 amide bonds. The number of allylic oxidation sites excluding steroid dienone is 1. The van der Waals surface area contributed by atoms with Gasteiger partial charge in [0.15, 0.2) is 0 Å². The Labute approximate surface area is 142 Å². The van der Waals surface area contributed by atoms with Crippen LogP contribution in [0.2, 0.25) is 0 Å². The van der Waals surface area contributed by atoms with Gasteiger partial charge in [0.1, 0.15) is 5.78 Å². The van der Waals surface area contributed by atoms with Crippen molar-refractivity contribution in [3.05, 3.63) is 54.3 Å². The molecule has 4 atom stereocenters. The van der Waals surface area contributed by atoms with Crippen LogP contribution in [-0.2, 0) is 14.8 Å². The van der Waals surface area contributed by atoms with Crippen LogP contribution in [0.4, 0.5) is 0 Å². The summed E-state index contributed by atoms with van der Waals surface area (Å²) >= 11 is 0. The van der Waals surface area contributed by atoms with Gasteiger partial charge >= 0.3 is 0 Å². The van der Waals surface area contributed by atoms with E-state index < -0.39 is 15.4 Å². The first kappa shape index (κ1) is 15.6. The SMILES string of the molecule is CC(=O)[C@]12C=CN(S(=O)(=O)c3ccc(C)cc3)[C@H]1[C@@H]1C=C[C@H]2CC1. The van der Waals surface area contributed by atoms with Crippen LogP contribution in [0.3, 0.4) is 0 Å². The van der Waals surface area contributed by atoms with E-state index in [-0.39, 0.29) is 28.6 Å². The maximum atomic E-state index is 13.2. The number of carbonyl (C=O) groups excluding carboxylic acids is 1. The molecular weight excluding hydrogens is 322 g/mol. The molecule has 2 bridgehead atoms. The topological polar surface area (TPSA) is 54.5 Å². The van der Waals surface area contributed by atoms with Crippen LogP contribution >= 0.6 is 0 Å². The maximum absolute atomic E-state index is 13.2. The Hall–Kier alpha value is -1.88. The monoisotopic (exact) mass is 343 g/mol. The molecule has 0 unspecified atom stereocenters. The zero-order valence-electron chi connectivity index (χ0n) is 13.8. The molecule has 0 aromatic heterocycles. The first-order chi connectivity index (χ1) is 11.4. The molecule has 1 saturated carbocycles. The summed E-state index contributed by atoms with van der Waals surface area (Å²) in [6, 6.07) is 6.56. The molecule has 1 aromatic carbocycles. The van der Waals surface area contributed by atoms with Crippen LogP contribution in [0.25, 0.3) is 0 Å². The van der Waals surface area contributed by atoms with E-state index in [4.69, 9.17) is 0 Å². The van der Waals surface area contributed by atoms with Gasteiger partial charge in [0, 0.05) is 6.20 Å².